The van der Waals surface area contributed by atoms with Crippen molar-refractivity contribution in [3.63, 3.8) is 0 Å². The van der Waals surface area contributed by atoms with E-state index in [0.717, 1.165) is 14.7 Å². The van der Waals surface area contributed by atoms with Crippen LogP contribution in [0.25, 0.3) is 0 Å². The summed E-state index contributed by atoms with van der Waals surface area (Å²) < 4.78 is 20.1. The number of hydrogen-bond donors (Lipinski definition) is 1. The van der Waals surface area contributed by atoms with Crippen molar-refractivity contribution in [1.82, 2.24) is 5.43 Å². The molecule has 0 spiro atoms. The van der Waals surface area contributed by atoms with Gasteiger partial charge in [0.15, 0.2) is 18.1 Å². The van der Waals surface area contributed by atoms with Crippen molar-refractivity contribution >= 4 is 80.8 Å². The molecule has 3 aromatic carbocycles. The van der Waals surface area contributed by atoms with E-state index < -0.39 is 0 Å². The largest absolute Gasteiger partial charge is 0.490 e. The van der Waals surface area contributed by atoms with Crippen LogP contribution in [-0.2, 0) is 11.4 Å². The number of benzene rings is 3. The molecule has 1 saturated heterocycles. The van der Waals surface area contributed by atoms with Gasteiger partial charge >= 0.3 is 0 Å². The molecule has 3 aromatic rings. The fourth-order valence-corrected chi connectivity index (χ4v) is 7.43. The van der Waals surface area contributed by atoms with E-state index in [9.17, 15) is 4.79 Å². The first-order valence-electron chi connectivity index (χ1n) is 11.6. The first-order chi connectivity index (χ1) is 18.0. The monoisotopic (exact) mass is 760 g/mol. The van der Waals surface area contributed by atoms with Crippen LogP contribution < -0.4 is 19.6 Å². The van der Waals surface area contributed by atoms with Crippen molar-refractivity contribution in [1.29, 1.82) is 0 Å². The summed E-state index contributed by atoms with van der Waals surface area (Å²) in [6.45, 7) is 2.76. The molecule has 4 rings (SSSR count). The lowest BCUT2D eigenvalue weighted by Crippen LogP contribution is -2.24. The van der Waals surface area contributed by atoms with Crippen molar-refractivity contribution < 1.29 is 19.0 Å². The summed E-state index contributed by atoms with van der Waals surface area (Å²) in [5.41, 5.74) is 5.66. The van der Waals surface area contributed by atoms with Crippen LogP contribution in [0.4, 0.5) is 0 Å². The number of carbonyl (C=O) groups is 1. The molecule has 0 unspecified atom stereocenters. The Morgan fingerprint density at radius 2 is 1.76 bits per heavy atom. The van der Waals surface area contributed by atoms with Crippen molar-refractivity contribution in [3.05, 3.63) is 84.5 Å². The second kappa shape index (κ2) is 14.5. The molecule has 0 saturated carbocycles. The molecule has 0 aliphatic carbocycles. The molecule has 10 heteroatoms. The van der Waals surface area contributed by atoms with Gasteiger partial charge in [-0.05, 0) is 105 Å². The smallest absolute Gasteiger partial charge is 0.277 e. The molecule has 1 aliphatic rings. The van der Waals surface area contributed by atoms with Crippen LogP contribution in [0.2, 0.25) is 0 Å². The van der Waals surface area contributed by atoms with Crippen molar-refractivity contribution in [3.8, 4) is 17.2 Å². The molecule has 1 aliphatic heterocycles. The van der Waals surface area contributed by atoms with Crippen LogP contribution in [0.5, 0.6) is 17.2 Å². The molecule has 0 bridgehead atoms. The fraction of sp³-hybridized carbons (Fsp3) is 0.259. The molecule has 6 nitrogen and oxygen atoms in total. The first-order valence-corrected chi connectivity index (χ1v) is 15.9. The highest BCUT2D eigenvalue weighted by molar-refractivity contribution is 14.1. The number of nitrogens with zero attached hydrogens (tertiary/aromatic N) is 1. The molecular formula is C27H26I2N2O4S2. The number of carbonyl (C=O) groups excluding carboxylic acids is 1. The Morgan fingerprint density at radius 3 is 2.46 bits per heavy atom. The van der Waals surface area contributed by atoms with E-state index in [4.69, 9.17) is 14.2 Å². The standard InChI is InChI=1S/C27H26I2N2O4S2/c1-2-33-24-14-19(13-23(29)26(24)35-16-18-3-7-21(28)8-4-18)15-30-31-25(32)17-34-22-9-5-20(6-10-22)27-36-11-12-37-27/h3-10,13-15,27H,2,11-12,16-17H2,1H3,(H,31,32)/b30-15-. The van der Waals surface area contributed by atoms with Crippen molar-refractivity contribution in [2.45, 2.75) is 18.1 Å². The Balaban J connectivity index is 1.30. The molecule has 0 aromatic heterocycles. The maximum atomic E-state index is 12.2. The zero-order chi connectivity index (χ0) is 26.0. The molecule has 1 N–H and O–H groups in total. The summed E-state index contributed by atoms with van der Waals surface area (Å²) in [6, 6.07) is 19.9. The van der Waals surface area contributed by atoms with Crippen LogP contribution in [0, 0.1) is 7.14 Å². The molecule has 0 radical (unpaired) electrons. The van der Waals surface area contributed by atoms with Gasteiger partial charge in [0.05, 0.1) is 21.0 Å². The van der Waals surface area contributed by atoms with Gasteiger partial charge in [0.2, 0.25) is 0 Å². The topological polar surface area (TPSA) is 69.2 Å². The Kier molecular flexibility index (Phi) is 11.1. The Hall–Kier alpha value is -1.64. The third-order valence-electron chi connectivity index (χ3n) is 5.17. The van der Waals surface area contributed by atoms with Crippen LogP contribution >= 0.6 is 68.7 Å². The zero-order valence-corrected chi connectivity index (χ0v) is 26.1. The van der Waals surface area contributed by atoms with E-state index in [1.807, 2.05) is 66.8 Å². The number of halogens is 2. The molecule has 1 amide bonds. The predicted octanol–water partition coefficient (Wildman–Crippen LogP) is 6.88. The summed E-state index contributed by atoms with van der Waals surface area (Å²) in [5, 5.41) is 4.08. The number of amides is 1. The fourth-order valence-electron chi connectivity index (χ4n) is 3.43. The number of nitrogens with one attached hydrogen (secondary N) is 1. The minimum Gasteiger partial charge on any atom is -0.490 e. The van der Waals surface area contributed by atoms with E-state index in [1.54, 1.807) is 6.21 Å². The Labute approximate surface area is 253 Å². The second-order valence-electron chi connectivity index (χ2n) is 7.90. The van der Waals surface area contributed by atoms with Crippen molar-refractivity contribution in [2.75, 3.05) is 24.7 Å². The minimum atomic E-state index is -0.334. The van der Waals surface area contributed by atoms with E-state index >= 15 is 0 Å². The van der Waals surface area contributed by atoms with Gasteiger partial charge in [0, 0.05) is 15.1 Å². The van der Waals surface area contributed by atoms with Crippen molar-refractivity contribution in [2.24, 2.45) is 5.10 Å². The summed E-state index contributed by atoms with van der Waals surface area (Å²) in [5.74, 6) is 4.02. The third kappa shape index (κ3) is 8.69. The van der Waals surface area contributed by atoms with Crippen LogP contribution in [-0.4, -0.2) is 36.8 Å². The van der Waals surface area contributed by atoms with Gasteiger partial charge in [-0.25, -0.2) is 5.43 Å². The van der Waals surface area contributed by atoms with Gasteiger partial charge in [-0.3, -0.25) is 4.79 Å². The third-order valence-corrected chi connectivity index (χ3v) is 9.80. The molecule has 0 atom stereocenters. The van der Waals surface area contributed by atoms with Gasteiger partial charge in [-0.2, -0.15) is 5.10 Å². The number of hydrazone groups is 1. The lowest BCUT2D eigenvalue weighted by atomic mass is 10.2. The maximum Gasteiger partial charge on any atom is 0.277 e. The summed E-state index contributed by atoms with van der Waals surface area (Å²) in [7, 11) is 0. The minimum absolute atomic E-state index is 0.114. The van der Waals surface area contributed by atoms with Gasteiger partial charge in [-0.1, -0.05) is 24.3 Å². The van der Waals surface area contributed by atoms with E-state index in [1.165, 1.54) is 20.6 Å². The molecule has 1 heterocycles. The highest BCUT2D eigenvalue weighted by atomic mass is 127. The normalized spacial score (nSPS) is 13.6. The molecule has 1 fully saturated rings. The SMILES string of the molecule is CCOc1cc(/C=N\NC(=O)COc2ccc(C3SCCS3)cc2)cc(I)c1OCc1ccc(I)cc1. The molecule has 37 heavy (non-hydrogen) atoms. The lowest BCUT2D eigenvalue weighted by molar-refractivity contribution is -0.123. The summed E-state index contributed by atoms with van der Waals surface area (Å²) in [6.07, 6.45) is 1.58. The van der Waals surface area contributed by atoms with E-state index in [-0.39, 0.29) is 12.5 Å². The van der Waals surface area contributed by atoms with E-state index in [0.29, 0.717) is 35.0 Å². The maximum absolute atomic E-state index is 12.2. The Bertz CT molecular complexity index is 1220. The number of rotatable bonds is 11. The van der Waals surface area contributed by atoms with Gasteiger partial charge in [-0.15, -0.1) is 23.5 Å². The average molecular weight is 760 g/mol. The highest BCUT2D eigenvalue weighted by Gasteiger charge is 2.18. The Morgan fingerprint density at radius 1 is 1.03 bits per heavy atom. The molecule has 194 valence electrons. The lowest BCUT2D eigenvalue weighted by Gasteiger charge is -2.15. The van der Waals surface area contributed by atoms with Crippen LogP contribution in [0.15, 0.2) is 65.8 Å². The first kappa shape index (κ1) is 28.4. The quantitative estimate of drug-likeness (QED) is 0.131. The highest BCUT2D eigenvalue weighted by Crippen LogP contribution is 2.45. The van der Waals surface area contributed by atoms with Gasteiger partial charge < -0.3 is 14.2 Å². The van der Waals surface area contributed by atoms with Crippen LogP contribution in [0.3, 0.4) is 0 Å². The number of ether oxygens (including phenoxy) is 3. The number of thioether (sulfide) groups is 2. The van der Waals surface area contributed by atoms with E-state index in [2.05, 4.69) is 80.0 Å². The van der Waals surface area contributed by atoms with Gasteiger partial charge in [0.1, 0.15) is 12.4 Å². The number of hydrogen-bond acceptors (Lipinski definition) is 7. The van der Waals surface area contributed by atoms with Gasteiger partial charge in [0.25, 0.3) is 5.91 Å². The molecular weight excluding hydrogens is 734 g/mol. The summed E-state index contributed by atoms with van der Waals surface area (Å²) in [4.78, 5) is 12.2. The van der Waals surface area contributed by atoms with Crippen LogP contribution in [0.1, 0.15) is 28.2 Å². The second-order valence-corrected chi connectivity index (χ2v) is 13.0. The summed E-state index contributed by atoms with van der Waals surface area (Å²) >= 11 is 8.42. The zero-order valence-electron chi connectivity index (χ0n) is 20.1. The average Bonchev–Trinajstić information content (AvgIpc) is 3.44. The predicted molar refractivity (Wildman–Crippen MR) is 169 cm³/mol.